The first-order valence-electron chi connectivity index (χ1n) is 7.90. The Morgan fingerprint density at radius 2 is 1.64 bits per heavy atom. The lowest BCUT2D eigenvalue weighted by Crippen LogP contribution is -2.51. The Balaban J connectivity index is 1.93. The molecule has 0 bridgehead atoms. The van der Waals surface area contributed by atoms with Crippen molar-refractivity contribution in [2.75, 3.05) is 26.2 Å². The largest absolute Gasteiger partial charge is 0.362 e. The SMILES string of the molecule is Cc1cc(C(=O)N2CCN(C(=O)CC(C)(C)C)CC2)c(C)[nH]1. The van der Waals surface area contributed by atoms with Crippen molar-refractivity contribution in [1.82, 2.24) is 14.8 Å². The van der Waals surface area contributed by atoms with E-state index < -0.39 is 0 Å². The van der Waals surface area contributed by atoms with Gasteiger partial charge in [0, 0.05) is 44.0 Å². The van der Waals surface area contributed by atoms with Crippen molar-refractivity contribution in [3.05, 3.63) is 23.0 Å². The van der Waals surface area contributed by atoms with Crippen LogP contribution in [0.15, 0.2) is 6.07 Å². The van der Waals surface area contributed by atoms with Gasteiger partial charge >= 0.3 is 0 Å². The zero-order chi connectivity index (χ0) is 16.5. The van der Waals surface area contributed by atoms with Crippen LogP contribution in [0.3, 0.4) is 0 Å². The second-order valence-corrected chi connectivity index (χ2v) is 7.40. The third-order valence-electron chi connectivity index (χ3n) is 3.98. The van der Waals surface area contributed by atoms with E-state index in [0.29, 0.717) is 32.6 Å². The van der Waals surface area contributed by atoms with E-state index in [4.69, 9.17) is 0 Å². The van der Waals surface area contributed by atoms with Crippen LogP contribution in [0.4, 0.5) is 0 Å². The highest BCUT2D eigenvalue weighted by Gasteiger charge is 2.27. The van der Waals surface area contributed by atoms with Gasteiger partial charge in [0.05, 0.1) is 5.56 Å². The fraction of sp³-hybridized carbons (Fsp3) is 0.647. The second-order valence-electron chi connectivity index (χ2n) is 7.40. The molecule has 1 saturated heterocycles. The third-order valence-corrected chi connectivity index (χ3v) is 3.98. The number of nitrogens with one attached hydrogen (secondary N) is 1. The van der Waals surface area contributed by atoms with Gasteiger partial charge in [-0.25, -0.2) is 0 Å². The quantitative estimate of drug-likeness (QED) is 0.912. The molecule has 5 heteroatoms. The summed E-state index contributed by atoms with van der Waals surface area (Å²) in [5.41, 5.74) is 2.66. The fourth-order valence-corrected chi connectivity index (χ4v) is 2.84. The summed E-state index contributed by atoms with van der Waals surface area (Å²) >= 11 is 0. The summed E-state index contributed by atoms with van der Waals surface area (Å²) in [6, 6.07) is 1.90. The molecule has 0 unspecified atom stereocenters. The van der Waals surface area contributed by atoms with Gasteiger partial charge in [-0.2, -0.15) is 0 Å². The minimum atomic E-state index is 0.00377. The maximum absolute atomic E-state index is 12.5. The lowest BCUT2D eigenvalue weighted by atomic mass is 9.91. The standard InChI is InChI=1S/C17H27N3O2/c1-12-10-14(13(2)18-12)16(22)20-8-6-19(7-9-20)15(21)11-17(3,4)5/h10,18H,6-9,11H2,1-5H3. The molecule has 22 heavy (non-hydrogen) atoms. The number of aryl methyl sites for hydroxylation is 2. The van der Waals surface area contributed by atoms with Crippen LogP contribution in [-0.4, -0.2) is 52.8 Å². The topological polar surface area (TPSA) is 56.4 Å². The molecule has 2 heterocycles. The van der Waals surface area contributed by atoms with Crippen molar-refractivity contribution < 1.29 is 9.59 Å². The molecule has 0 aliphatic carbocycles. The molecular formula is C17H27N3O2. The van der Waals surface area contributed by atoms with Crippen LogP contribution in [0.2, 0.25) is 0 Å². The number of aromatic nitrogens is 1. The Kier molecular flexibility index (Phi) is 4.63. The first kappa shape index (κ1) is 16.6. The first-order chi connectivity index (χ1) is 10.2. The van der Waals surface area contributed by atoms with E-state index in [2.05, 4.69) is 25.8 Å². The maximum Gasteiger partial charge on any atom is 0.255 e. The number of hydrogen-bond acceptors (Lipinski definition) is 2. The number of hydrogen-bond donors (Lipinski definition) is 1. The zero-order valence-electron chi connectivity index (χ0n) is 14.3. The number of amides is 2. The van der Waals surface area contributed by atoms with Crippen LogP contribution in [0.25, 0.3) is 0 Å². The van der Waals surface area contributed by atoms with Crippen LogP contribution >= 0.6 is 0 Å². The number of nitrogens with zero attached hydrogens (tertiary/aromatic N) is 2. The molecule has 2 amide bonds. The summed E-state index contributed by atoms with van der Waals surface area (Å²) in [5.74, 6) is 0.248. The van der Waals surface area contributed by atoms with E-state index in [1.165, 1.54) is 0 Å². The van der Waals surface area contributed by atoms with E-state index >= 15 is 0 Å². The molecule has 0 saturated carbocycles. The molecule has 1 N–H and O–H groups in total. The lowest BCUT2D eigenvalue weighted by molar-refractivity contribution is -0.134. The summed E-state index contributed by atoms with van der Waals surface area (Å²) < 4.78 is 0. The molecular weight excluding hydrogens is 278 g/mol. The third kappa shape index (κ3) is 3.90. The van der Waals surface area contributed by atoms with Crippen molar-refractivity contribution in [3.8, 4) is 0 Å². The van der Waals surface area contributed by atoms with Crippen LogP contribution < -0.4 is 0 Å². The summed E-state index contributed by atoms with van der Waals surface area (Å²) in [6.07, 6.45) is 0.553. The number of carbonyl (C=O) groups excluding carboxylic acids is 2. The highest BCUT2D eigenvalue weighted by atomic mass is 16.2. The van der Waals surface area contributed by atoms with Gasteiger partial charge in [0.25, 0.3) is 5.91 Å². The molecule has 2 rings (SSSR count). The molecule has 122 valence electrons. The fourth-order valence-electron chi connectivity index (χ4n) is 2.84. The molecule has 1 aliphatic heterocycles. The number of H-pyrrole nitrogens is 1. The van der Waals surface area contributed by atoms with Crippen molar-refractivity contribution in [3.63, 3.8) is 0 Å². The van der Waals surface area contributed by atoms with Gasteiger partial charge in [0.15, 0.2) is 0 Å². The van der Waals surface area contributed by atoms with E-state index in [1.807, 2.05) is 29.7 Å². The summed E-state index contributed by atoms with van der Waals surface area (Å²) in [7, 11) is 0. The molecule has 0 aromatic carbocycles. The van der Waals surface area contributed by atoms with Gasteiger partial charge < -0.3 is 14.8 Å². The maximum atomic E-state index is 12.5. The highest BCUT2D eigenvalue weighted by molar-refractivity contribution is 5.95. The van der Waals surface area contributed by atoms with Gasteiger partial charge in [-0.15, -0.1) is 0 Å². The van der Waals surface area contributed by atoms with Gasteiger partial charge in [0.1, 0.15) is 0 Å². The van der Waals surface area contributed by atoms with Gasteiger partial charge in [-0.3, -0.25) is 9.59 Å². The number of aromatic amines is 1. The Morgan fingerprint density at radius 3 is 2.09 bits per heavy atom. The molecule has 1 aliphatic rings. The summed E-state index contributed by atoms with van der Waals surface area (Å²) in [5, 5.41) is 0. The van der Waals surface area contributed by atoms with E-state index in [9.17, 15) is 9.59 Å². The van der Waals surface area contributed by atoms with Crippen molar-refractivity contribution >= 4 is 11.8 Å². The van der Waals surface area contributed by atoms with E-state index in [0.717, 1.165) is 17.0 Å². The first-order valence-corrected chi connectivity index (χ1v) is 7.90. The summed E-state index contributed by atoms with van der Waals surface area (Å²) in [4.78, 5) is 31.7. The average Bonchev–Trinajstić information content (AvgIpc) is 2.75. The Bertz CT molecular complexity index is 561. The number of piperazine rings is 1. The van der Waals surface area contributed by atoms with Crippen LogP contribution in [0, 0.1) is 19.3 Å². The second kappa shape index (κ2) is 6.15. The van der Waals surface area contributed by atoms with Crippen LogP contribution in [-0.2, 0) is 4.79 Å². The highest BCUT2D eigenvalue weighted by Crippen LogP contribution is 2.21. The molecule has 1 fully saturated rings. The Labute approximate surface area is 132 Å². The minimum Gasteiger partial charge on any atom is -0.362 e. The zero-order valence-corrected chi connectivity index (χ0v) is 14.3. The number of rotatable bonds is 2. The predicted octanol–water partition coefficient (Wildman–Crippen LogP) is 2.35. The molecule has 0 radical (unpaired) electrons. The van der Waals surface area contributed by atoms with Gasteiger partial charge in [0.2, 0.25) is 5.91 Å². The van der Waals surface area contributed by atoms with E-state index in [1.54, 1.807) is 0 Å². The Hall–Kier alpha value is -1.78. The smallest absolute Gasteiger partial charge is 0.255 e. The molecule has 1 aromatic rings. The van der Waals surface area contributed by atoms with Crippen molar-refractivity contribution in [2.24, 2.45) is 5.41 Å². The molecule has 1 aromatic heterocycles. The van der Waals surface area contributed by atoms with E-state index in [-0.39, 0.29) is 17.2 Å². The molecule has 0 spiro atoms. The molecule has 5 nitrogen and oxygen atoms in total. The van der Waals surface area contributed by atoms with Crippen molar-refractivity contribution in [1.29, 1.82) is 0 Å². The minimum absolute atomic E-state index is 0.00377. The van der Waals surface area contributed by atoms with Gasteiger partial charge in [-0.05, 0) is 25.3 Å². The predicted molar refractivity (Wildman–Crippen MR) is 86.8 cm³/mol. The average molecular weight is 305 g/mol. The lowest BCUT2D eigenvalue weighted by Gasteiger charge is -2.36. The normalized spacial score (nSPS) is 16.0. The van der Waals surface area contributed by atoms with Crippen LogP contribution in [0.5, 0.6) is 0 Å². The summed E-state index contributed by atoms with van der Waals surface area (Å²) in [6.45, 7) is 12.6. The van der Waals surface area contributed by atoms with Crippen LogP contribution in [0.1, 0.15) is 48.9 Å². The number of carbonyl (C=O) groups is 2. The Morgan fingerprint density at radius 1 is 1.09 bits per heavy atom. The van der Waals surface area contributed by atoms with Crippen molar-refractivity contribution in [2.45, 2.75) is 41.0 Å². The van der Waals surface area contributed by atoms with Gasteiger partial charge in [-0.1, -0.05) is 20.8 Å². The molecule has 0 atom stereocenters. The monoisotopic (exact) mass is 305 g/mol.